The molecule has 24 heavy (non-hydrogen) atoms. The van der Waals surface area contributed by atoms with E-state index in [-0.39, 0.29) is 0 Å². The Hall–Kier alpha value is -1.28. The number of aromatic nitrogens is 1. The van der Waals surface area contributed by atoms with Gasteiger partial charge in [-0.1, -0.05) is 17.7 Å². The Labute approximate surface area is 148 Å². The van der Waals surface area contributed by atoms with Crippen molar-refractivity contribution in [1.82, 2.24) is 14.2 Å². The maximum atomic E-state index is 12.9. The zero-order valence-electron chi connectivity index (χ0n) is 14.3. The van der Waals surface area contributed by atoms with Gasteiger partial charge in [-0.15, -0.1) is 11.3 Å². The molecule has 1 aliphatic rings. The minimum absolute atomic E-state index is 0.428. The van der Waals surface area contributed by atoms with Gasteiger partial charge in [0.15, 0.2) is 0 Å². The van der Waals surface area contributed by atoms with Crippen molar-refractivity contribution >= 4 is 21.4 Å². The molecule has 0 amide bonds. The monoisotopic (exact) mass is 365 g/mol. The average molecular weight is 366 g/mol. The van der Waals surface area contributed by atoms with E-state index < -0.39 is 10.0 Å². The van der Waals surface area contributed by atoms with E-state index in [0.717, 1.165) is 35.8 Å². The minimum Gasteiger partial charge on any atom is -0.294 e. The maximum Gasteiger partial charge on any atom is 0.243 e. The number of thiazole rings is 1. The van der Waals surface area contributed by atoms with Gasteiger partial charge >= 0.3 is 0 Å². The number of sulfonamides is 1. The van der Waals surface area contributed by atoms with E-state index in [0.29, 0.717) is 18.0 Å². The summed E-state index contributed by atoms with van der Waals surface area (Å²) in [5.41, 5.74) is 1.89. The smallest absolute Gasteiger partial charge is 0.243 e. The molecule has 3 rings (SSSR count). The van der Waals surface area contributed by atoms with E-state index in [1.807, 2.05) is 32.2 Å². The van der Waals surface area contributed by atoms with Crippen molar-refractivity contribution in [1.29, 1.82) is 0 Å². The summed E-state index contributed by atoms with van der Waals surface area (Å²) < 4.78 is 27.4. The molecular formula is C17H23N3O2S2. The average Bonchev–Trinajstić information content (AvgIpc) is 2.92. The second kappa shape index (κ2) is 6.92. The van der Waals surface area contributed by atoms with Crippen molar-refractivity contribution in [2.24, 2.45) is 0 Å². The molecule has 130 valence electrons. The highest BCUT2D eigenvalue weighted by Gasteiger charge is 2.29. The number of rotatable bonds is 4. The third kappa shape index (κ3) is 3.69. The lowest BCUT2D eigenvalue weighted by Crippen LogP contribution is -2.48. The Morgan fingerprint density at radius 2 is 1.83 bits per heavy atom. The fourth-order valence-electron chi connectivity index (χ4n) is 3.02. The van der Waals surface area contributed by atoms with Crippen molar-refractivity contribution in [3.63, 3.8) is 0 Å². The third-order valence-corrected chi connectivity index (χ3v) is 7.26. The van der Waals surface area contributed by atoms with Crippen LogP contribution in [0.15, 0.2) is 29.3 Å². The van der Waals surface area contributed by atoms with Crippen molar-refractivity contribution in [2.75, 3.05) is 26.2 Å². The van der Waals surface area contributed by atoms with Crippen LogP contribution in [0.2, 0.25) is 0 Å². The highest BCUT2D eigenvalue weighted by Crippen LogP contribution is 2.23. The van der Waals surface area contributed by atoms with E-state index >= 15 is 0 Å². The van der Waals surface area contributed by atoms with Crippen LogP contribution in [0.5, 0.6) is 0 Å². The largest absolute Gasteiger partial charge is 0.294 e. The molecule has 0 aliphatic carbocycles. The van der Waals surface area contributed by atoms with Gasteiger partial charge in [0.1, 0.15) is 5.01 Å². The van der Waals surface area contributed by atoms with Gasteiger partial charge in [-0.2, -0.15) is 4.31 Å². The van der Waals surface area contributed by atoms with Crippen molar-refractivity contribution in [3.8, 4) is 0 Å². The Kier molecular flexibility index (Phi) is 5.05. The first kappa shape index (κ1) is 17.5. The lowest BCUT2D eigenvalue weighted by atomic mass is 10.2. The first-order chi connectivity index (χ1) is 11.4. The van der Waals surface area contributed by atoms with Crippen LogP contribution < -0.4 is 0 Å². The summed E-state index contributed by atoms with van der Waals surface area (Å²) in [5.74, 6) is 0. The van der Waals surface area contributed by atoms with Crippen molar-refractivity contribution in [2.45, 2.75) is 32.2 Å². The Bertz CT molecular complexity index is 822. The summed E-state index contributed by atoms with van der Waals surface area (Å²) in [6.45, 7) is 9.22. The number of benzene rings is 1. The fraction of sp³-hybridized carbons (Fsp3) is 0.471. The summed E-state index contributed by atoms with van der Waals surface area (Å²) in [5, 5.41) is 1.10. The molecule has 1 saturated heterocycles. The molecule has 0 spiro atoms. The Morgan fingerprint density at radius 1 is 1.12 bits per heavy atom. The minimum atomic E-state index is -3.41. The van der Waals surface area contributed by atoms with E-state index in [2.05, 4.69) is 16.8 Å². The van der Waals surface area contributed by atoms with Crippen molar-refractivity contribution in [3.05, 3.63) is 45.4 Å². The number of nitrogens with zero attached hydrogens (tertiary/aromatic N) is 3. The van der Waals surface area contributed by atoms with Gasteiger partial charge in [0.05, 0.1) is 11.4 Å². The quantitative estimate of drug-likeness (QED) is 0.836. The highest BCUT2D eigenvalue weighted by atomic mass is 32.2. The zero-order chi connectivity index (χ0) is 17.3. The van der Waals surface area contributed by atoms with Gasteiger partial charge in [-0.05, 0) is 32.4 Å². The van der Waals surface area contributed by atoms with Gasteiger partial charge in [0.2, 0.25) is 10.0 Å². The molecule has 0 saturated carbocycles. The van der Waals surface area contributed by atoms with Gasteiger partial charge in [0.25, 0.3) is 0 Å². The Morgan fingerprint density at radius 3 is 2.42 bits per heavy atom. The first-order valence-corrected chi connectivity index (χ1v) is 10.3. The molecular weight excluding hydrogens is 342 g/mol. The number of hydrogen-bond donors (Lipinski definition) is 0. The summed E-state index contributed by atoms with van der Waals surface area (Å²) in [6, 6.07) is 5.51. The van der Waals surface area contributed by atoms with E-state index in [4.69, 9.17) is 0 Å². The molecule has 0 unspecified atom stereocenters. The molecule has 2 aromatic rings. The molecule has 1 fully saturated rings. The molecule has 0 bridgehead atoms. The van der Waals surface area contributed by atoms with Gasteiger partial charge in [0, 0.05) is 37.3 Å². The molecule has 7 heteroatoms. The molecule has 5 nitrogen and oxygen atoms in total. The standard InChI is InChI=1S/C17H23N3O2S2/c1-13-4-5-16(14(2)10-13)24(21,22)20-8-6-19(7-9-20)12-17-18-11-15(3)23-17/h4-5,10-11H,6-9,12H2,1-3H3. The van der Waals surface area contributed by atoms with Crippen LogP contribution in [-0.2, 0) is 16.6 Å². The molecule has 2 heterocycles. The molecule has 1 aliphatic heterocycles. The van der Waals surface area contributed by atoms with E-state index in [9.17, 15) is 8.42 Å². The predicted octanol–water partition coefficient (Wildman–Crippen LogP) is 2.57. The normalized spacial score (nSPS) is 17.3. The van der Waals surface area contributed by atoms with Crippen LogP contribution in [-0.4, -0.2) is 48.8 Å². The molecule has 0 N–H and O–H groups in total. The highest BCUT2D eigenvalue weighted by molar-refractivity contribution is 7.89. The SMILES string of the molecule is Cc1ccc(S(=O)(=O)N2CCN(Cc3ncc(C)s3)CC2)c(C)c1. The number of piperazine rings is 1. The van der Waals surface area contributed by atoms with E-state index in [1.54, 1.807) is 21.7 Å². The molecule has 0 radical (unpaired) electrons. The van der Waals surface area contributed by atoms with Crippen LogP contribution >= 0.6 is 11.3 Å². The lowest BCUT2D eigenvalue weighted by molar-refractivity contribution is 0.181. The third-order valence-electron chi connectivity index (χ3n) is 4.31. The van der Waals surface area contributed by atoms with Crippen LogP contribution in [0.3, 0.4) is 0 Å². The second-order valence-electron chi connectivity index (χ2n) is 6.31. The maximum absolute atomic E-state index is 12.9. The van der Waals surface area contributed by atoms with E-state index in [1.165, 1.54) is 4.88 Å². The van der Waals surface area contributed by atoms with Crippen LogP contribution in [0.25, 0.3) is 0 Å². The van der Waals surface area contributed by atoms with Gasteiger partial charge in [-0.25, -0.2) is 13.4 Å². The summed E-state index contributed by atoms with van der Waals surface area (Å²) in [6.07, 6.45) is 1.89. The number of hydrogen-bond acceptors (Lipinski definition) is 5. The molecule has 1 aromatic heterocycles. The van der Waals surface area contributed by atoms with Gasteiger partial charge < -0.3 is 0 Å². The summed E-state index contributed by atoms with van der Waals surface area (Å²) in [4.78, 5) is 8.30. The van der Waals surface area contributed by atoms with Crippen LogP contribution in [0, 0.1) is 20.8 Å². The lowest BCUT2D eigenvalue weighted by Gasteiger charge is -2.33. The molecule has 0 atom stereocenters. The molecule has 1 aromatic carbocycles. The second-order valence-corrected chi connectivity index (χ2v) is 9.54. The van der Waals surface area contributed by atoms with Crippen LogP contribution in [0.4, 0.5) is 0 Å². The van der Waals surface area contributed by atoms with Crippen molar-refractivity contribution < 1.29 is 8.42 Å². The zero-order valence-corrected chi connectivity index (χ0v) is 16.0. The predicted molar refractivity (Wildman–Crippen MR) is 96.8 cm³/mol. The van der Waals surface area contributed by atoms with Gasteiger partial charge in [-0.3, -0.25) is 4.90 Å². The van der Waals surface area contributed by atoms with Crippen LogP contribution in [0.1, 0.15) is 21.0 Å². The number of aryl methyl sites for hydroxylation is 3. The fourth-order valence-corrected chi connectivity index (χ4v) is 5.48. The topological polar surface area (TPSA) is 53.5 Å². The first-order valence-electron chi connectivity index (χ1n) is 8.07. The Balaban J connectivity index is 1.67. The summed E-state index contributed by atoms with van der Waals surface area (Å²) in [7, 11) is -3.41. The summed E-state index contributed by atoms with van der Waals surface area (Å²) >= 11 is 1.70.